The number of nitrogens with two attached hydrogens (primary N) is 1. The molecule has 5 nitrogen and oxygen atoms in total. The van der Waals surface area contributed by atoms with Crippen molar-refractivity contribution in [2.24, 2.45) is 0 Å². The molecule has 19 heavy (non-hydrogen) atoms. The van der Waals surface area contributed by atoms with Gasteiger partial charge in [-0.3, -0.25) is 9.59 Å². The summed E-state index contributed by atoms with van der Waals surface area (Å²) in [6.45, 7) is 6.64. The lowest BCUT2D eigenvalue weighted by Crippen LogP contribution is -2.40. The van der Waals surface area contributed by atoms with E-state index in [1.807, 2.05) is 26.8 Å². The van der Waals surface area contributed by atoms with Gasteiger partial charge in [0.25, 0.3) is 5.91 Å². The second kappa shape index (κ2) is 6.78. The summed E-state index contributed by atoms with van der Waals surface area (Å²) in [5.41, 5.74) is 7.67. The molecule has 0 unspecified atom stereocenters. The Bertz CT molecular complexity index is 472. The zero-order chi connectivity index (χ0) is 14.4. The molecule has 1 aromatic carbocycles. The van der Waals surface area contributed by atoms with Gasteiger partial charge in [-0.05, 0) is 32.9 Å². The zero-order valence-electron chi connectivity index (χ0n) is 11.7. The van der Waals surface area contributed by atoms with Crippen molar-refractivity contribution in [2.75, 3.05) is 25.4 Å². The van der Waals surface area contributed by atoms with Crippen LogP contribution in [0.25, 0.3) is 0 Å². The highest BCUT2D eigenvalue weighted by Crippen LogP contribution is 2.16. The molecule has 1 aromatic rings. The molecule has 0 heterocycles. The first-order chi connectivity index (χ1) is 8.99. The number of carbonyl (C=O) groups excluding carboxylic acids is 2. The number of nitrogens with zero attached hydrogens (tertiary/aromatic N) is 1. The maximum Gasteiger partial charge on any atom is 0.256 e. The molecule has 0 fully saturated rings. The number of hydrogen-bond donors (Lipinski definition) is 2. The second-order valence-corrected chi connectivity index (χ2v) is 4.36. The number of hydrogen-bond acceptors (Lipinski definition) is 3. The largest absolute Gasteiger partial charge is 0.398 e. The van der Waals surface area contributed by atoms with E-state index in [1.165, 1.54) is 4.90 Å². The minimum atomic E-state index is -0.213. The van der Waals surface area contributed by atoms with Crippen LogP contribution in [-0.4, -0.2) is 36.3 Å². The number of nitrogen functional groups attached to an aromatic ring is 1. The average molecular weight is 263 g/mol. The highest BCUT2D eigenvalue weighted by Gasteiger charge is 2.19. The second-order valence-electron chi connectivity index (χ2n) is 4.36. The quantitative estimate of drug-likeness (QED) is 0.783. The van der Waals surface area contributed by atoms with Gasteiger partial charge in [-0.25, -0.2) is 0 Å². The summed E-state index contributed by atoms with van der Waals surface area (Å²) in [5, 5.41) is 2.68. The third kappa shape index (κ3) is 3.98. The highest BCUT2D eigenvalue weighted by atomic mass is 16.2. The molecule has 0 atom stereocenters. The maximum absolute atomic E-state index is 12.4. The van der Waals surface area contributed by atoms with Crippen LogP contribution < -0.4 is 11.1 Å². The van der Waals surface area contributed by atoms with Crippen molar-refractivity contribution in [2.45, 2.75) is 20.8 Å². The molecule has 0 aromatic heterocycles. The predicted molar refractivity (Wildman–Crippen MR) is 75.9 cm³/mol. The van der Waals surface area contributed by atoms with Gasteiger partial charge in [0.05, 0.1) is 12.1 Å². The van der Waals surface area contributed by atoms with Crippen LogP contribution in [0.5, 0.6) is 0 Å². The summed E-state index contributed by atoms with van der Waals surface area (Å²) in [7, 11) is 0. The SMILES string of the molecule is CCNC(=O)CN(CC)C(=O)c1cc(C)ccc1N. The van der Waals surface area contributed by atoms with Crippen molar-refractivity contribution >= 4 is 17.5 Å². The molecule has 0 aliphatic rings. The zero-order valence-corrected chi connectivity index (χ0v) is 11.7. The van der Waals surface area contributed by atoms with Crippen LogP contribution in [-0.2, 0) is 4.79 Å². The fraction of sp³-hybridized carbons (Fsp3) is 0.429. The summed E-state index contributed by atoms with van der Waals surface area (Å²) in [6.07, 6.45) is 0. The molecule has 1 rings (SSSR count). The summed E-state index contributed by atoms with van der Waals surface area (Å²) in [5.74, 6) is -0.376. The van der Waals surface area contributed by atoms with E-state index in [4.69, 9.17) is 5.73 Å². The van der Waals surface area contributed by atoms with Crippen molar-refractivity contribution in [3.63, 3.8) is 0 Å². The minimum absolute atomic E-state index is 0.0521. The predicted octanol–water partition coefficient (Wildman–Crippen LogP) is 1.18. The Morgan fingerprint density at radius 2 is 2.00 bits per heavy atom. The Balaban J connectivity index is 2.89. The topological polar surface area (TPSA) is 75.4 Å². The molecule has 3 N–H and O–H groups in total. The Kier molecular flexibility index (Phi) is 5.36. The van der Waals surface area contributed by atoms with Crippen molar-refractivity contribution in [3.05, 3.63) is 29.3 Å². The average Bonchev–Trinajstić information content (AvgIpc) is 2.38. The van der Waals surface area contributed by atoms with E-state index in [0.717, 1.165) is 5.56 Å². The highest BCUT2D eigenvalue weighted by molar-refractivity contribution is 6.00. The number of benzene rings is 1. The van der Waals surface area contributed by atoms with Crippen molar-refractivity contribution in [1.82, 2.24) is 10.2 Å². The summed E-state index contributed by atoms with van der Waals surface area (Å²) < 4.78 is 0. The molecule has 104 valence electrons. The van der Waals surface area contributed by atoms with Crippen LogP contribution in [0.2, 0.25) is 0 Å². The van der Waals surface area contributed by atoms with Crippen molar-refractivity contribution < 1.29 is 9.59 Å². The molecular formula is C14H21N3O2. The van der Waals surface area contributed by atoms with Gasteiger partial charge < -0.3 is 16.0 Å². The van der Waals surface area contributed by atoms with Crippen LogP contribution in [0.4, 0.5) is 5.69 Å². The lowest BCUT2D eigenvalue weighted by atomic mass is 10.1. The van der Waals surface area contributed by atoms with Gasteiger partial charge in [0.15, 0.2) is 0 Å². The Morgan fingerprint density at radius 3 is 2.58 bits per heavy atom. The standard InChI is InChI=1S/C14H21N3O2/c1-4-16-13(18)9-17(5-2)14(19)11-8-10(3)6-7-12(11)15/h6-8H,4-5,9,15H2,1-3H3,(H,16,18). The molecule has 2 amide bonds. The van der Waals surface area contributed by atoms with E-state index in [2.05, 4.69) is 5.32 Å². The monoisotopic (exact) mass is 263 g/mol. The minimum Gasteiger partial charge on any atom is -0.398 e. The first-order valence-electron chi connectivity index (χ1n) is 6.41. The number of carbonyl (C=O) groups is 2. The van der Waals surface area contributed by atoms with Gasteiger partial charge in [0, 0.05) is 18.8 Å². The number of likely N-dealkylation sites (N-methyl/N-ethyl adjacent to an activating group) is 2. The van der Waals surface area contributed by atoms with Gasteiger partial charge in [0.2, 0.25) is 5.91 Å². The molecule has 0 aliphatic heterocycles. The van der Waals surface area contributed by atoms with E-state index in [1.54, 1.807) is 12.1 Å². The summed E-state index contributed by atoms with van der Waals surface area (Å²) >= 11 is 0. The number of amides is 2. The Labute approximate surface area is 113 Å². The van der Waals surface area contributed by atoms with Gasteiger partial charge in [-0.15, -0.1) is 0 Å². The Hall–Kier alpha value is -2.04. The normalized spacial score (nSPS) is 10.1. The van der Waals surface area contributed by atoms with E-state index in [-0.39, 0.29) is 18.4 Å². The number of rotatable bonds is 5. The molecule has 5 heteroatoms. The molecular weight excluding hydrogens is 242 g/mol. The lowest BCUT2D eigenvalue weighted by Gasteiger charge is -2.21. The molecule has 0 bridgehead atoms. The van der Waals surface area contributed by atoms with Gasteiger partial charge >= 0.3 is 0 Å². The van der Waals surface area contributed by atoms with Gasteiger partial charge in [0.1, 0.15) is 0 Å². The van der Waals surface area contributed by atoms with Crippen molar-refractivity contribution in [3.8, 4) is 0 Å². The maximum atomic E-state index is 12.4. The number of nitrogens with one attached hydrogen (secondary N) is 1. The van der Waals surface area contributed by atoms with E-state index < -0.39 is 0 Å². The molecule has 0 saturated heterocycles. The third-order valence-electron chi connectivity index (χ3n) is 2.82. The van der Waals surface area contributed by atoms with Gasteiger partial charge in [-0.2, -0.15) is 0 Å². The van der Waals surface area contributed by atoms with Crippen LogP contribution >= 0.6 is 0 Å². The van der Waals surface area contributed by atoms with E-state index in [0.29, 0.717) is 24.3 Å². The first-order valence-corrected chi connectivity index (χ1v) is 6.41. The van der Waals surface area contributed by atoms with Gasteiger partial charge in [-0.1, -0.05) is 11.6 Å². The smallest absolute Gasteiger partial charge is 0.256 e. The van der Waals surface area contributed by atoms with E-state index >= 15 is 0 Å². The fourth-order valence-corrected chi connectivity index (χ4v) is 1.78. The van der Waals surface area contributed by atoms with Crippen LogP contribution in [0.3, 0.4) is 0 Å². The molecule has 0 spiro atoms. The summed E-state index contributed by atoms with van der Waals surface area (Å²) in [6, 6.07) is 5.31. The summed E-state index contributed by atoms with van der Waals surface area (Å²) in [4.78, 5) is 25.4. The van der Waals surface area contributed by atoms with Crippen molar-refractivity contribution in [1.29, 1.82) is 0 Å². The molecule has 0 aliphatic carbocycles. The fourth-order valence-electron chi connectivity index (χ4n) is 1.78. The van der Waals surface area contributed by atoms with Crippen LogP contribution in [0, 0.1) is 6.92 Å². The first kappa shape index (κ1) is 15.0. The number of anilines is 1. The van der Waals surface area contributed by atoms with Crippen LogP contribution in [0.15, 0.2) is 18.2 Å². The number of aryl methyl sites for hydroxylation is 1. The third-order valence-corrected chi connectivity index (χ3v) is 2.82. The van der Waals surface area contributed by atoms with E-state index in [9.17, 15) is 9.59 Å². The lowest BCUT2D eigenvalue weighted by molar-refractivity contribution is -0.121. The Morgan fingerprint density at radius 1 is 1.32 bits per heavy atom. The molecule has 0 saturated carbocycles. The van der Waals surface area contributed by atoms with Crippen LogP contribution in [0.1, 0.15) is 29.8 Å². The molecule has 0 radical (unpaired) electrons.